The number of hydrogen-bond donors (Lipinski definition) is 0. The molecule has 1 amide bonds. The largest absolute Gasteiger partial charge is 0.472 e. The second kappa shape index (κ2) is 8.63. The highest BCUT2D eigenvalue weighted by Gasteiger charge is 2.36. The minimum Gasteiger partial charge on any atom is -0.472 e. The van der Waals surface area contributed by atoms with Crippen LogP contribution in [0.25, 0.3) is 16.9 Å². The van der Waals surface area contributed by atoms with Gasteiger partial charge < -0.3 is 14.1 Å². The summed E-state index contributed by atoms with van der Waals surface area (Å²) in [4.78, 5) is 14.3. The molecule has 0 spiro atoms. The molecule has 33 heavy (non-hydrogen) atoms. The van der Waals surface area contributed by atoms with Gasteiger partial charge in [-0.25, -0.2) is 13.5 Å². The Morgan fingerprint density at radius 3 is 2.55 bits per heavy atom. The Bertz CT molecular complexity index is 1260. The zero-order valence-electron chi connectivity index (χ0n) is 17.9. The quantitative estimate of drug-likeness (QED) is 0.424. The molecule has 5 rings (SSSR count). The van der Waals surface area contributed by atoms with Crippen LogP contribution in [0.4, 0.5) is 8.78 Å². The summed E-state index contributed by atoms with van der Waals surface area (Å²) in [6.45, 7) is 2.43. The van der Waals surface area contributed by atoms with Gasteiger partial charge in [0.05, 0.1) is 18.2 Å². The highest BCUT2D eigenvalue weighted by molar-refractivity contribution is 5.80. The van der Waals surface area contributed by atoms with Gasteiger partial charge in [0.2, 0.25) is 0 Å². The summed E-state index contributed by atoms with van der Waals surface area (Å²) in [6.07, 6.45) is 4.65. The molecule has 0 aliphatic carbocycles. The van der Waals surface area contributed by atoms with Crippen LogP contribution in [0.1, 0.15) is 22.9 Å². The monoisotopic (exact) mass is 449 g/mol. The third kappa shape index (κ3) is 4.29. The van der Waals surface area contributed by atoms with Crippen molar-refractivity contribution in [3.05, 3.63) is 95.6 Å². The van der Waals surface area contributed by atoms with Crippen LogP contribution in [0.5, 0.6) is 0 Å². The Morgan fingerprint density at radius 2 is 1.85 bits per heavy atom. The van der Waals surface area contributed by atoms with Crippen molar-refractivity contribution in [3.8, 4) is 16.9 Å². The second-order valence-corrected chi connectivity index (χ2v) is 8.00. The van der Waals surface area contributed by atoms with E-state index in [2.05, 4.69) is 5.10 Å². The second-order valence-electron chi connectivity index (χ2n) is 8.00. The van der Waals surface area contributed by atoms with E-state index >= 15 is 0 Å². The summed E-state index contributed by atoms with van der Waals surface area (Å²) < 4.78 is 40.1. The third-order valence-corrected chi connectivity index (χ3v) is 5.65. The number of carbonyl (C=O) groups is 1. The molecular formula is C25H21F2N3O3. The number of hydrogen-bond acceptors (Lipinski definition) is 4. The number of aromatic nitrogens is 2. The molecule has 0 bridgehead atoms. The third-order valence-electron chi connectivity index (χ3n) is 5.65. The summed E-state index contributed by atoms with van der Waals surface area (Å²) in [7, 11) is 0. The fraction of sp³-hybridized carbons (Fsp3) is 0.200. The van der Waals surface area contributed by atoms with Crippen LogP contribution in [0.3, 0.4) is 0 Å². The van der Waals surface area contributed by atoms with E-state index in [0.717, 1.165) is 11.6 Å². The number of halogens is 2. The van der Waals surface area contributed by atoms with E-state index < -0.39 is 17.9 Å². The van der Waals surface area contributed by atoms with Crippen LogP contribution >= 0.6 is 0 Å². The Labute approximate surface area is 189 Å². The maximum Gasteiger partial charge on any atom is 0.250 e. The first-order valence-electron chi connectivity index (χ1n) is 10.5. The van der Waals surface area contributed by atoms with Crippen molar-refractivity contribution >= 4 is 5.91 Å². The number of furan rings is 1. The van der Waals surface area contributed by atoms with Crippen molar-refractivity contribution in [2.24, 2.45) is 0 Å². The van der Waals surface area contributed by atoms with Crippen molar-refractivity contribution in [2.75, 3.05) is 13.2 Å². The SMILES string of the molecule is Cc1ccc(CCN2C(=O)COC2c2cn(-c3cc(F)cc(F)c3)nc2-c2ccoc2)cc1. The first-order chi connectivity index (χ1) is 16.0. The van der Waals surface area contributed by atoms with Gasteiger partial charge in [0.25, 0.3) is 5.91 Å². The Kier molecular flexibility index (Phi) is 5.51. The summed E-state index contributed by atoms with van der Waals surface area (Å²) in [5.41, 5.74) is 4.29. The number of benzene rings is 2. The van der Waals surface area contributed by atoms with E-state index in [4.69, 9.17) is 9.15 Å². The zero-order valence-corrected chi connectivity index (χ0v) is 17.9. The number of ether oxygens (including phenoxy) is 1. The van der Waals surface area contributed by atoms with Gasteiger partial charge in [0.1, 0.15) is 23.9 Å². The number of amides is 1. The number of nitrogens with zero attached hydrogens (tertiary/aromatic N) is 3. The van der Waals surface area contributed by atoms with Gasteiger partial charge in [-0.15, -0.1) is 0 Å². The summed E-state index contributed by atoms with van der Waals surface area (Å²) >= 11 is 0. The lowest BCUT2D eigenvalue weighted by molar-refractivity contribution is -0.128. The van der Waals surface area contributed by atoms with Gasteiger partial charge in [-0.05, 0) is 37.1 Å². The molecule has 8 heteroatoms. The van der Waals surface area contributed by atoms with Gasteiger partial charge in [-0.3, -0.25) is 4.79 Å². The minimum absolute atomic E-state index is 0.0524. The van der Waals surface area contributed by atoms with Gasteiger partial charge in [-0.2, -0.15) is 5.10 Å². The van der Waals surface area contributed by atoms with E-state index in [-0.39, 0.29) is 18.2 Å². The fourth-order valence-electron chi connectivity index (χ4n) is 3.95. The smallest absolute Gasteiger partial charge is 0.250 e. The average molecular weight is 449 g/mol. The van der Waals surface area contributed by atoms with Crippen LogP contribution in [0, 0.1) is 18.6 Å². The topological polar surface area (TPSA) is 60.5 Å². The van der Waals surface area contributed by atoms with Crippen LogP contribution in [0.2, 0.25) is 0 Å². The van der Waals surface area contributed by atoms with Gasteiger partial charge >= 0.3 is 0 Å². The fourth-order valence-corrected chi connectivity index (χ4v) is 3.95. The molecule has 168 valence electrons. The molecule has 2 aromatic heterocycles. The summed E-state index contributed by atoms with van der Waals surface area (Å²) in [5.74, 6) is -1.55. The molecule has 1 saturated heterocycles. The number of rotatable bonds is 6. The Hall–Kier alpha value is -3.78. The van der Waals surface area contributed by atoms with Crippen molar-refractivity contribution in [1.82, 2.24) is 14.7 Å². The lowest BCUT2D eigenvalue weighted by atomic mass is 10.1. The summed E-state index contributed by atoms with van der Waals surface area (Å²) in [6, 6.07) is 13.1. The normalized spacial score (nSPS) is 16.0. The maximum absolute atomic E-state index is 13.8. The zero-order chi connectivity index (χ0) is 22.9. The first kappa shape index (κ1) is 21.1. The lowest BCUT2D eigenvalue weighted by Crippen LogP contribution is -2.30. The molecular weight excluding hydrogens is 428 g/mol. The highest BCUT2D eigenvalue weighted by Crippen LogP contribution is 2.35. The van der Waals surface area contributed by atoms with Crippen LogP contribution in [-0.4, -0.2) is 33.7 Å². The van der Waals surface area contributed by atoms with E-state index in [1.54, 1.807) is 17.2 Å². The number of aryl methyl sites for hydroxylation is 1. The minimum atomic E-state index is -0.709. The van der Waals surface area contributed by atoms with Crippen molar-refractivity contribution in [3.63, 3.8) is 0 Å². The predicted molar refractivity (Wildman–Crippen MR) is 116 cm³/mol. The lowest BCUT2D eigenvalue weighted by Gasteiger charge is -2.23. The molecule has 2 aromatic carbocycles. The maximum atomic E-state index is 13.8. The molecule has 4 aromatic rings. The molecule has 0 saturated carbocycles. The predicted octanol–water partition coefficient (Wildman–Crippen LogP) is 4.82. The highest BCUT2D eigenvalue weighted by atomic mass is 19.1. The first-order valence-corrected chi connectivity index (χ1v) is 10.5. The van der Waals surface area contributed by atoms with Gasteiger partial charge in [0, 0.05) is 29.9 Å². The van der Waals surface area contributed by atoms with Crippen LogP contribution in [0.15, 0.2) is 71.7 Å². The molecule has 1 unspecified atom stereocenters. The molecule has 6 nitrogen and oxygen atoms in total. The van der Waals surface area contributed by atoms with Crippen LogP contribution in [-0.2, 0) is 16.0 Å². The Balaban J connectivity index is 1.50. The molecule has 1 atom stereocenters. The Morgan fingerprint density at radius 1 is 1.09 bits per heavy atom. The van der Waals surface area contributed by atoms with E-state index in [9.17, 15) is 13.6 Å². The van der Waals surface area contributed by atoms with Crippen molar-refractivity contribution in [1.29, 1.82) is 0 Å². The van der Waals surface area contributed by atoms with Crippen LogP contribution < -0.4 is 0 Å². The molecule has 1 fully saturated rings. The van der Waals surface area contributed by atoms with Crippen molar-refractivity contribution < 1.29 is 22.7 Å². The molecule has 1 aliphatic heterocycles. The summed E-state index contributed by atoms with van der Waals surface area (Å²) in [5, 5.41) is 4.54. The number of carbonyl (C=O) groups excluding carboxylic acids is 1. The van der Waals surface area contributed by atoms with E-state index in [1.807, 2.05) is 31.2 Å². The molecule has 3 heterocycles. The molecule has 0 radical (unpaired) electrons. The molecule has 0 N–H and O–H groups in total. The molecule has 1 aliphatic rings. The van der Waals surface area contributed by atoms with Crippen molar-refractivity contribution in [2.45, 2.75) is 19.6 Å². The van der Waals surface area contributed by atoms with Gasteiger partial charge in [0.15, 0.2) is 6.23 Å². The average Bonchev–Trinajstić information content (AvgIpc) is 3.52. The van der Waals surface area contributed by atoms with E-state index in [1.165, 1.54) is 34.9 Å². The van der Waals surface area contributed by atoms with Gasteiger partial charge in [-0.1, -0.05) is 29.8 Å². The standard InChI is InChI=1S/C25H21F2N3O3/c1-16-2-4-17(5-3-16)6-8-29-23(31)15-33-25(29)22-13-30(21-11-19(26)10-20(27)12-21)28-24(22)18-7-9-32-14-18/h2-5,7,9-14,25H,6,8,15H2,1H3. The van der Waals surface area contributed by atoms with E-state index in [0.29, 0.717) is 29.8 Å².